The van der Waals surface area contributed by atoms with Crippen LogP contribution >= 0.6 is 11.3 Å². The molecule has 4 rings (SSSR count). The van der Waals surface area contributed by atoms with E-state index >= 15 is 0 Å². The van der Waals surface area contributed by atoms with Gasteiger partial charge in [-0.2, -0.15) is 0 Å². The van der Waals surface area contributed by atoms with Crippen LogP contribution in [0.2, 0.25) is 0 Å². The van der Waals surface area contributed by atoms with Gasteiger partial charge in [0.15, 0.2) is 5.13 Å². The zero-order valence-corrected chi connectivity index (χ0v) is 18.7. The van der Waals surface area contributed by atoms with E-state index in [1.807, 2.05) is 6.07 Å². The monoisotopic (exact) mass is 435 g/mol. The Morgan fingerprint density at radius 2 is 2.00 bits per heavy atom. The fourth-order valence-electron chi connectivity index (χ4n) is 4.32. The fourth-order valence-corrected chi connectivity index (χ4v) is 5.96. The minimum Gasteiger partial charge on any atom is -0.497 e. The summed E-state index contributed by atoms with van der Waals surface area (Å²) < 4.78 is 30.6. The Bertz CT molecular complexity index is 964. The van der Waals surface area contributed by atoms with Crippen LogP contribution in [0.3, 0.4) is 0 Å². The largest absolute Gasteiger partial charge is 0.497 e. The molecule has 2 N–H and O–H groups in total. The van der Waals surface area contributed by atoms with Crippen molar-refractivity contribution in [3.8, 4) is 17.0 Å². The highest BCUT2D eigenvalue weighted by Crippen LogP contribution is 2.39. The van der Waals surface area contributed by atoms with Crippen LogP contribution in [0.1, 0.15) is 42.5 Å². The van der Waals surface area contributed by atoms with Crippen LogP contribution < -0.4 is 14.8 Å². The standard InChI is InChI=1S/C21H29N3O3S2/c1-27-17-10-11-18-15(12-17)4-3-5-19-20(18)24-21(28-19)23-16-8-6-14(7-9-16)13-22-29(2,25)26/h10-12,14,16,22H,3-9,13H2,1-2H3,(H,23,24). The van der Waals surface area contributed by atoms with Crippen LogP contribution in [-0.4, -0.2) is 39.4 Å². The maximum atomic E-state index is 11.3. The van der Waals surface area contributed by atoms with Gasteiger partial charge in [0.05, 0.1) is 19.1 Å². The van der Waals surface area contributed by atoms with Crippen molar-refractivity contribution in [3.05, 3.63) is 28.6 Å². The first-order valence-electron chi connectivity index (χ1n) is 10.3. The van der Waals surface area contributed by atoms with Crippen LogP contribution in [0, 0.1) is 5.92 Å². The first-order chi connectivity index (χ1) is 13.9. The lowest BCUT2D eigenvalue weighted by Gasteiger charge is -2.28. The molecule has 29 heavy (non-hydrogen) atoms. The van der Waals surface area contributed by atoms with Crippen molar-refractivity contribution in [2.45, 2.75) is 51.0 Å². The number of benzene rings is 1. The molecule has 0 bridgehead atoms. The van der Waals surface area contributed by atoms with Crippen LogP contribution in [0.15, 0.2) is 18.2 Å². The molecule has 1 aromatic heterocycles. The number of aromatic nitrogens is 1. The second kappa shape index (κ2) is 8.62. The molecule has 0 amide bonds. The molecule has 158 valence electrons. The summed E-state index contributed by atoms with van der Waals surface area (Å²) in [7, 11) is -1.39. The highest BCUT2D eigenvalue weighted by atomic mass is 32.2. The summed E-state index contributed by atoms with van der Waals surface area (Å²) in [5.41, 5.74) is 3.68. The van der Waals surface area contributed by atoms with Gasteiger partial charge in [0.25, 0.3) is 0 Å². The number of sulfonamides is 1. The molecule has 0 unspecified atom stereocenters. The molecule has 1 saturated carbocycles. The van der Waals surface area contributed by atoms with Gasteiger partial charge in [0, 0.05) is 23.0 Å². The average Bonchev–Trinajstić information content (AvgIpc) is 3.01. The number of rotatable bonds is 6. The normalized spacial score (nSPS) is 21.7. The zero-order chi connectivity index (χ0) is 20.4. The first kappa shape index (κ1) is 20.6. The molecule has 2 aliphatic rings. The first-order valence-corrected chi connectivity index (χ1v) is 13.0. The number of thiazole rings is 1. The van der Waals surface area contributed by atoms with E-state index in [0.29, 0.717) is 18.5 Å². The van der Waals surface area contributed by atoms with Gasteiger partial charge in [-0.25, -0.2) is 18.1 Å². The molecule has 1 fully saturated rings. The van der Waals surface area contributed by atoms with Gasteiger partial charge in [-0.15, -0.1) is 11.3 Å². The lowest BCUT2D eigenvalue weighted by molar-refractivity contribution is 0.337. The maximum absolute atomic E-state index is 11.3. The van der Waals surface area contributed by atoms with Crippen LogP contribution in [0.25, 0.3) is 11.3 Å². The van der Waals surface area contributed by atoms with Gasteiger partial charge in [-0.1, -0.05) is 0 Å². The van der Waals surface area contributed by atoms with Crippen molar-refractivity contribution in [1.29, 1.82) is 0 Å². The van der Waals surface area contributed by atoms with E-state index in [0.717, 1.165) is 61.5 Å². The molecule has 0 saturated heterocycles. The number of ether oxygens (including phenoxy) is 1. The Balaban J connectivity index is 1.41. The minimum absolute atomic E-state index is 0.412. The van der Waals surface area contributed by atoms with Gasteiger partial charge >= 0.3 is 0 Å². The number of fused-ring (bicyclic) bond motifs is 3. The number of hydrogen-bond acceptors (Lipinski definition) is 6. The van der Waals surface area contributed by atoms with E-state index in [4.69, 9.17) is 9.72 Å². The molecule has 0 aliphatic heterocycles. The third-order valence-corrected chi connectivity index (χ3v) is 7.66. The maximum Gasteiger partial charge on any atom is 0.208 e. The molecule has 1 aromatic carbocycles. The van der Waals surface area contributed by atoms with E-state index in [1.165, 1.54) is 22.3 Å². The third-order valence-electron chi connectivity index (χ3n) is 5.92. The Hall–Kier alpha value is -1.64. The van der Waals surface area contributed by atoms with Gasteiger partial charge in [0.2, 0.25) is 10.0 Å². The Kier molecular flexibility index (Phi) is 6.13. The summed E-state index contributed by atoms with van der Waals surface area (Å²) in [4.78, 5) is 6.33. The number of hydrogen-bond donors (Lipinski definition) is 2. The number of anilines is 1. The van der Waals surface area contributed by atoms with E-state index in [2.05, 4.69) is 22.2 Å². The summed E-state index contributed by atoms with van der Waals surface area (Å²) in [6.07, 6.45) is 8.65. The zero-order valence-electron chi connectivity index (χ0n) is 17.0. The van der Waals surface area contributed by atoms with E-state index in [-0.39, 0.29) is 0 Å². The Morgan fingerprint density at radius 1 is 1.21 bits per heavy atom. The Labute approximate surface area is 177 Å². The van der Waals surface area contributed by atoms with Crippen molar-refractivity contribution in [2.75, 3.05) is 25.2 Å². The summed E-state index contributed by atoms with van der Waals surface area (Å²) in [5, 5.41) is 4.66. The number of aryl methyl sites for hydroxylation is 2. The van der Waals surface area contributed by atoms with Crippen LogP contribution in [0.5, 0.6) is 5.75 Å². The molecule has 6 nitrogen and oxygen atoms in total. The van der Waals surface area contributed by atoms with Crippen molar-refractivity contribution in [2.24, 2.45) is 5.92 Å². The van der Waals surface area contributed by atoms with Crippen molar-refractivity contribution >= 4 is 26.5 Å². The molecule has 0 atom stereocenters. The van der Waals surface area contributed by atoms with E-state index < -0.39 is 10.0 Å². The molecular formula is C21H29N3O3S2. The third kappa shape index (κ3) is 5.10. The number of nitrogens with one attached hydrogen (secondary N) is 2. The van der Waals surface area contributed by atoms with Gasteiger partial charge < -0.3 is 10.1 Å². The van der Waals surface area contributed by atoms with Crippen LogP contribution in [-0.2, 0) is 22.9 Å². The summed E-state index contributed by atoms with van der Waals surface area (Å²) >= 11 is 1.79. The van der Waals surface area contributed by atoms with Gasteiger partial charge in [-0.3, -0.25) is 0 Å². The second-order valence-electron chi connectivity index (χ2n) is 8.15. The second-order valence-corrected chi connectivity index (χ2v) is 11.1. The summed E-state index contributed by atoms with van der Waals surface area (Å²) in [5.74, 6) is 1.33. The lowest BCUT2D eigenvalue weighted by atomic mass is 9.86. The summed E-state index contributed by atoms with van der Waals surface area (Å²) in [6, 6.07) is 6.71. The topological polar surface area (TPSA) is 80.3 Å². The molecule has 2 aromatic rings. The summed E-state index contributed by atoms with van der Waals surface area (Å²) in [6.45, 7) is 0.553. The number of nitrogens with zero attached hydrogens (tertiary/aromatic N) is 1. The SMILES string of the molecule is COc1ccc2c(c1)CCCc1sc(NC3CCC(CNS(C)(=O)=O)CC3)nc1-2. The average molecular weight is 436 g/mol. The minimum atomic E-state index is -3.10. The Morgan fingerprint density at radius 3 is 2.72 bits per heavy atom. The highest BCUT2D eigenvalue weighted by molar-refractivity contribution is 7.88. The molecular weight excluding hydrogens is 406 g/mol. The number of methoxy groups -OCH3 is 1. The fraction of sp³-hybridized carbons (Fsp3) is 0.571. The molecule has 8 heteroatoms. The molecule has 1 heterocycles. The molecule has 0 spiro atoms. The molecule has 2 aliphatic carbocycles. The van der Waals surface area contributed by atoms with Crippen LogP contribution in [0.4, 0.5) is 5.13 Å². The van der Waals surface area contributed by atoms with Crippen molar-refractivity contribution < 1.29 is 13.2 Å². The van der Waals surface area contributed by atoms with Crippen molar-refractivity contribution in [3.63, 3.8) is 0 Å². The predicted molar refractivity (Wildman–Crippen MR) is 118 cm³/mol. The highest BCUT2D eigenvalue weighted by Gasteiger charge is 2.24. The predicted octanol–water partition coefficient (Wildman–Crippen LogP) is 3.83. The van der Waals surface area contributed by atoms with Gasteiger partial charge in [-0.05, 0) is 74.6 Å². The van der Waals surface area contributed by atoms with E-state index in [9.17, 15) is 8.42 Å². The van der Waals surface area contributed by atoms with E-state index in [1.54, 1.807) is 18.4 Å². The quantitative estimate of drug-likeness (QED) is 0.721. The molecule has 0 radical (unpaired) electrons. The smallest absolute Gasteiger partial charge is 0.208 e. The van der Waals surface area contributed by atoms with Crippen molar-refractivity contribution in [1.82, 2.24) is 9.71 Å². The van der Waals surface area contributed by atoms with Gasteiger partial charge in [0.1, 0.15) is 5.75 Å². The lowest BCUT2D eigenvalue weighted by Crippen LogP contribution is -2.33.